The normalized spacial score (nSPS) is 24.5. The molecule has 2 saturated heterocycles. The highest BCUT2D eigenvalue weighted by atomic mass is 28.3. The van der Waals surface area contributed by atoms with Gasteiger partial charge >= 0.3 is 0 Å². The second kappa shape index (κ2) is 14.8. The van der Waals surface area contributed by atoms with Gasteiger partial charge in [0.05, 0.1) is 59.7 Å². The maximum absolute atomic E-state index is 15.4. The number of hydrogen-bond acceptors (Lipinski definition) is 7. The van der Waals surface area contributed by atoms with Crippen molar-refractivity contribution < 1.29 is 33.7 Å². The number of anilines is 2. The number of methoxy groups -OCH3 is 2. The van der Waals surface area contributed by atoms with Crippen molar-refractivity contribution in [1.82, 2.24) is 4.90 Å². The van der Waals surface area contributed by atoms with E-state index in [1.54, 1.807) is 19.1 Å². The predicted molar refractivity (Wildman–Crippen MR) is 218 cm³/mol. The van der Waals surface area contributed by atoms with E-state index in [0.29, 0.717) is 31.7 Å². The maximum atomic E-state index is 15.4. The summed E-state index contributed by atoms with van der Waals surface area (Å²) in [4.78, 5) is 48.1. The second-order valence-electron chi connectivity index (χ2n) is 16.3. The first-order valence-electron chi connectivity index (χ1n) is 19.7. The van der Waals surface area contributed by atoms with Gasteiger partial charge < -0.3 is 34.0 Å². The molecule has 8 rings (SSSR count). The molecule has 0 radical (unpaired) electrons. The number of fused-ring (bicyclic) bond motifs is 3. The third-order valence-electron chi connectivity index (χ3n) is 12.9. The highest BCUT2D eigenvalue weighted by Crippen LogP contribution is 2.60. The lowest BCUT2D eigenvalue weighted by Gasteiger charge is -2.39. The van der Waals surface area contributed by atoms with Crippen LogP contribution in [0.1, 0.15) is 48.4 Å². The second-order valence-corrected chi connectivity index (χ2v) is 21.0. The highest BCUT2D eigenvalue weighted by molar-refractivity contribution is 6.91. The van der Waals surface area contributed by atoms with Crippen molar-refractivity contribution >= 4 is 42.4 Å². The van der Waals surface area contributed by atoms with E-state index in [1.807, 2.05) is 82.6 Å². The van der Waals surface area contributed by atoms with E-state index in [-0.39, 0.29) is 54.8 Å². The van der Waals surface area contributed by atoms with E-state index in [0.717, 1.165) is 45.8 Å². The molecular formula is C45H51N3O7Si. The molecule has 0 bridgehead atoms. The van der Waals surface area contributed by atoms with Crippen LogP contribution in [-0.4, -0.2) is 75.3 Å². The molecule has 4 aliphatic heterocycles. The van der Waals surface area contributed by atoms with E-state index >= 15 is 4.79 Å². The number of carbonyl (C=O) groups excluding carboxylic acids is 3. The Bertz CT molecular complexity index is 2160. The number of amides is 3. The Morgan fingerprint density at radius 1 is 0.929 bits per heavy atom. The van der Waals surface area contributed by atoms with Gasteiger partial charge in [-0.2, -0.15) is 0 Å². The van der Waals surface area contributed by atoms with Crippen LogP contribution in [0.25, 0.3) is 0 Å². The fraction of sp³-hybridized carbons (Fsp3) is 0.400. The van der Waals surface area contributed by atoms with Gasteiger partial charge in [0.25, 0.3) is 5.91 Å². The zero-order valence-corrected chi connectivity index (χ0v) is 33.9. The molecule has 4 aromatic carbocycles. The molecule has 2 fully saturated rings. The summed E-state index contributed by atoms with van der Waals surface area (Å²) in [5, 5.41) is 11.7. The van der Waals surface area contributed by atoms with Crippen molar-refractivity contribution in [3.63, 3.8) is 0 Å². The van der Waals surface area contributed by atoms with Gasteiger partial charge in [0.1, 0.15) is 11.5 Å². The van der Waals surface area contributed by atoms with Gasteiger partial charge in [-0.3, -0.25) is 14.4 Å². The van der Waals surface area contributed by atoms with Gasteiger partial charge in [0.15, 0.2) is 5.60 Å². The lowest BCUT2D eigenvalue weighted by atomic mass is 9.82. The molecule has 292 valence electrons. The fourth-order valence-corrected chi connectivity index (χ4v) is 14.0. The molecule has 5 atom stereocenters. The number of rotatable bonds is 10. The first-order chi connectivity index (χ1) is 27.0. The number of carbonyl (C=O) groups is 3. The Morgan fingerprint density at radius 3 is 2.36 bits per heavy atom. The average molecular weight is 774 g/mol. The number of benzene rings is 4. The van der Waals surface area contributed by atoms with Crippen molar-refractivity contribution in [2.45, 2.75) is 82.1 Å². The van der Waals surface area contributed by atoms with E-state index in [1.165, 1.54) is 5.19 Å². The van der Waals surface area contributed by atoms with Crippen LogP contribution in [0.5, 0.6) is 11.5 Å². The van der Waals surface area contributed by atoms with Crippen LogP contribution >= 0.6 is 0 Å². The van der Waals surface area contributed by atoms with Crippen LogP contribution < -0.4 is 24.5 Å². The summed E-state index contributed by atoms with van der Waals surface area (Å²) in [6.45, 7) is 7.95. The zero-order chi connectivity index (χ0) is 39.4. The first-order valence-corrected chi connectivity index (χ1v) is 22.8. The maximum Gasteiger partial charge on any atom is 0.264 e. The predicted octanol–water partition coefficient (Wildman–Crippen LogP) is 5.93. The number of ether oxygens (including phenoxy) is 3. The molecule has 0 saturated carbocycles. The van der Waals surface area contributed by atoms with Gasteiger partial charge in [0, 0.05) is 36.7 Å². The van der Waals surface area contributed by atoms with Crippen LogP contribution in [0.15, 0.2) is 91.0 Å². The Morgan fingerprint density at radius 2 is 1.66 bits per heavy atom. The average Bonchev–Trinajstić information content (AvgIpc) is 3.85. The number of nitrogens with zero attached hydrogens (tertiary/aromatic N) is 3. The number of aliphatic hydroxyl groups is 1. The minimum absolute atomic E-state index is 0.0699. The summed E-state index contributed by atoms with van der Waals surface area (Å²) in [6, 6.07) is 29.5. The molecule has 11 heteroatoms. The van der Waals surface area contributed by atoms with Gasteiger partial charge in [-0.05, 0) is 77.5 Å². The van der Waals surface area contributed by atoms with Gasteiger partial charge in [-0.25, -0.2) is 0 Å². The molecule has 10 nitrogen and oxygen atoms in total. The van der Waals surface area contributed by atoms with E-state index in [2.05, 4.69) is 38.2 Å². The zero-order valence-electron chi connectivity index (χ0n) is 32.9. The molecule has 3 amide bonds. The highest BCUT2D eigenvalue weighted by Gasteiger charge is 2.66. The Labute approximate surface area is 330 Å². The van der Waals surface area contributed by atoms with Crippen molar-refractivity contribution in [2.24, 2.45) is 5.92 Å². The Kier molecular flexibility index (Phi) is 10.0. The molecule has 0 aromatic heterocycles. The topological polar surface area (TPSA) is 109 Å². The van der Waals surface area contributed by atoms with E-state index in [4.69, 9.17) is 14.2 Å². The van der Waals surface area contributed by atoms with Crippen molar-refractivity contribution in [1.29, 1.82) is 0 Å². The van der Waals surface area contributed by atoms with E-state index in [9.17, 15) is 14.7 Å². The van der Waals surface area contributed by atoms with Crippen LogP contribution in [0.4, 0.5) is 11.4 Å². The van der Waals surface area contributed by atoms with Gasteiger partial charge in [0.2, 0.25) is 11.8 Å². The molecule has 4 heterocycles. The summed E-state index contributed by atoms with van der Waals surface area (Å²) in [5.41, 5.74) is 3.89. The summed E-state index contributed by atoms with van der Waals surface area (Å²) in [6.07, 6.45) is 1.42. The molecule has 1 N–H and O–H groups in total. The number of hydrogen-bond donors (Lipinski definition) is 1. The van der Waals surface area contributed by atoms with Gasteiger partial charge in [-0.1, -0.05) is 73.7 Å². The van der Waals surface area contributed by atoms with Crippen LogP contribution in [0, 0.1) is 5.92 Å². The third kappa shape index (κ3) is 6.30. The quantitative estimate of drug-likeness (QED) is 0.199. The molecule has 56 heavy (non-hydrogen) atoms. The van der Waals surface area contributed by atoms with Crippen molar-refractivity contribution in [3.8, 4) is 11.5 Å². The molecule has 4 aromatic rings. The number of aliphatic hydroxyl groups excluding tert-OH is 1. The standard InChI is InChI=1S/C45H51N3O7Si/c1-29-43(56(4,5)37-18-15-35(53-2)16-19-37)40(25-42(51)47-27-32-12-7-6-11-31(32)23-34(47)28-49)55-45(29)38-24-36(54-3)17-20-39(38)48(44(45)52)26-30-10-8-13-33(22-30)46-21-9-14-41(46)50/h6-8,10-13,15-20,22,24,29,34,40,43,49H,9,14,21,23,25-28H2,1-5H3/t29-,34+,40+,43-,45+/m1/s1. The minimum Gasteiger partial charge on any atom is -0.497 e. The smallest absolute Gasteiger partial charge is 0.264 e. The largest absolute Gasteiger partial charge is 0.497 e. The summed E-state index contributed by atoms with van der Waals surface area (Å²) in [7, 11) is 0.730. The van der Waals surface area contributed by atoms with Crippen LogP contribution in [0.3, 0.4) is 0 Å². The van der Waals surface area contributed by atoms with Crippen LogP contribution in [-0.2, 0) is 44.2 Å². The lowest BCUT2D eigenvalue weighted by Crippen LogP contribution is -2.52. The monoisotopic (exact) mass is 773 g/mol. The lowest BCUT2D eigenvalue weighted by molar-refractivity contribution is -0.151. The van der Waals surface area contributed by atoms with E-state index < -0.39 is 19.8 Å². The summed E-state index contributed by atoms with van der Waals surface area (Å²) < 4.78 is 18.6. The Hall–Kier alpha value is -4.97. The first kappa shape index (κ1) is 37.9. The fourth-order valence-electron chi connectivity index (χ4n) is 10.0. The van der Waals surface area contributed by atoms with Crippen molar-refractivity contribution in [2.75, 3.05) is 37.2 Å². The summed E-state index contributed by atoms with van der Waals surface area (Å²) in [5.74, 6) is 0.895. The molecular weight excluding hydrogens is 723 g/mol. The Balaban J connectivity index is 1.19. The SMILES string of the molecule is COc1ccc([Si](C)(C)[C@H]2[C@H](CC(=O)N3Cc4ccccc4C[C@H]3CO)O[C@@]3(C(=O)N(Cc4cccc(N5CCCC5=O)c4)c4ccc(OC)cc43)[C@@H]2C)cc1. The minimum atomic E-state index is -2.54. The van der Waals surface area contributed by atoms with Crippen LogP contribution in [0.2, 0.25) is 18.6 Å². The molecule has 4 aliphatic rings. The van der Waals surface area contributed by atoms with Crippen molar-refractivity contribution in [3.05, 3.63) is 113 Å². The molecule has 1 spiro atoms. The molecule has 0 unspecified atom stereocenters. The van der Waals surface area contributed by atoms with Gasteiger partial charge in [-0.15, -0.1) is 0 Å². The third-order valence-corrected chi connectivity index (χ3v) is 17.3. The molecule has 0 aliphatic carbocycles. The summed E-state index contributed by atoms with van der Waals surface area (Å²) >= 11 is 0.